The Balaban J connectivity index is 1.41. The van der Waals surface area contributed by atoms with E-state index in [1.165, 1.54) is 12.1 Å². The lowest BCUT2D eigenvalue weighted by atomic mass is 9.94. The maximum Gasteiger partial charge on any atom is 0.318 e. The van der Waals surface area contributed by atoms with Gasteiger partial charge in [-0.25, -0.2) is 0 Å². The molecular weight excluding hydrogens is 540 g/mol. The second-order valence-corrected chi connectivity index (χ2v) is 8.85. The first kappa shape index (κ1) is 28.1. The summed E-state index contributed by atoms with van der Waals surface area (Å²) >= 11 is 0. The lowest BCUT2D eigenvalue weighted by Gasteiger charge is -2.14. The van der Waals surface area contributed by atoms with Gasteiger partial charge in [-0.15, -0.1) is 0 Å². The fourth-order valence-corrected chi connectivity index (χ4v) is 3.98. The van der Waals surface area contributed by atoms with E-state index < -0.39 is 42.4 Å². The Morgan fingerprint density at radius 2 is 1.00 bits per heavy atom. The van der Waals surface area contributed by atoms with Crippen LogP contribution >= 0.6 is 0 Å². The number of hydrogen-bond acceptors (Lipinski definition) is 10. The molecule has 0 spiro atoms. The Hall–Kier alpha value is -5.92. The molecule has 41 heavy (non-hydrogen) atoms. The van der Waals surface area contributed by atoms with E-state index in [1.54, 1.807) is 36.4 Å². The molecule has 0 saturated carbocycles. The van der Waals surface area contributed by atoms with Crippen LogP contribution in [-0.4, -0.2) is 19.7 Å². The molecule has 14 heteroatoms. The Morgan fingerprint density at radius 1 is 0.585 bits per heavy atom. The molecule has 1 unspecified atom stereocenters. The summed E-state index contributed by atoms with van der Waals surface area (Å²) in [5, 5.41) is 44.5. The van der Waals surface area contributed by atoms with Crippen LogP contribution in [0, 0.1) is 40.5 Å². The van der Waals surface area contributed by atoms with Crippen LogP contribution in [0.4, 0.5) is 22.7 Å². The molecule has 0 bridgehead atoms. The largest absolute Gasteiger partial charge is 0.450 e. The van der Waals surface area contributed by atoms with Crippen molar-refractivity contribution in [1.29, 1.82) is 0 Å². The van der Waals surface area contributed by atoms with Crippen LogP contribution in [0.2, 0.25) is 0 Å². The van der Waals surface area contributed by atoms with E-state index in [4.69, 9.17) is 9.47 Å². The Morgan fingerprint density at radius 3 is 1.39 bits per heavy atom. The predicted octanol–water partition coefficient (Wildman–Crippen LogP) is 7.25. The smallest absolute Gasteiger partial charge is 0.318 e. The van der Waals surface area contributed by atoms with Gasteiger partial charge in [-0.05, 0) is 59.9 Å². The van der Waals surface area contributed by atoms with Crippen LogP contribution < -0.4 is 9.47 Å². The molecule has 4 rings (SSSR count). The summed E-state index contributed by atoms with van der Waals surface area (Å²) in [4.78, 5) is 41.6. The van der Waals surface area contributed by atoms with E-state index in [2.05, 4.69) is 0 Å². The van der Waals surface area contributed by atoms with Crippen LogP contribution in [0.15, 0.2) is 84.9 Å². The fraction of sp³-hybridized carbons (Fsp3) is 0.111. The van der Waals surface area contributed by atoms with Gasteiger partial charge in [0.25, 0.3) is 11.4 Å². The number of rotatable bonds is 11. The summed E-state index contributed by atoms with van der Waals surface area (Å²) in [6.45, 7) is 2.00. The molecule has 4 aromatic rings. The standard InChI is InChI=1S/C27H20N4O10/c1-17(19-4-10-23(11-5-19)41-27-13-7-21(29(34)35)16-25(27)31(38)39)14-18-2-8-22(9-3-18)40-26-12-6-20(28(32)33)15-24(26)30(36)37/h2-13,15-17H,14H2,1H3. The van der Waals surface area contributed by atoms with Crippen LogP contribution in [0.3, 0.4) is 0 Å². The third-order valence-corrected chi connectivity index (χ3v) is 6.07. The van der Waals surface area contributed by atoms with Gasteiger partial charge in [0.1, 0.15) is 11.5 Å². The summed E-state index contributed by atoms with van der Waals surface area (Å²) in [6, 6.07) is 20.1. The number of nitro benzene ring substituents is 4. The molecule has 208 valence electrons. The van der Waals surface area contributed by atoms with Crippen molar-refractivity contribution in [3.63, 3.8) is 0 Å². The summed E-state index contributed by atoms with van der Waals surface area (Å²) in [7, 11) is 0. The molecule has 4 aromatic carbocycles. The normalized spacial score (nSPS) is 11.3. The highest BCUT2D eigenvalue weighted by Crippen LogP contribution is 2.36. The van der Waals surface area contributed by atoms with E-state index in [9.17, 15) is 40.5 Å². The number of nitrogens with zero attached hydrogens (tertiary/aromatic N) is 4. The van der Waals surface area contributed by atoms with Crippen molar-refractivity contribution in [1.82, 2.24) is 0 Å². The Bertz CT molecular complexity index is 1640. The lowest BCUT2D eigenvalue weighted by Crippen LogP contribution is -1.99. The molecule has 0 N–H and O–H groups in total. The zero-order valence-electron chi connectivity index (χ0n) is 21.2. The van der Waals surface area contributed by atoms with E-state index in [0.29, 0.717) is 17.9 Å². The lowest BCUT2D eigenvalue weighted by molar-refractivity contribution is -0.394. The van der Waals surface area contributed by atoms with Crippen molar-refractivity contribution in [2.45, 2.75) is 19.3 Å². The van der Waals surface area contributed by atoms with Crippen LogP contribution in [0.1, 0.15) is 24.0 Å². The maximum absolute atomic E-state index is 11.3. The van der Waals surface area contributed by atoms with Gasteiger partial charge >= 0.3 is 11.4 Å². The molecule has 0 amide bonds. The van der Waals surface area contributed by atoms with Gasteiger partial charge in [0.05, 0.1) is 31.8 Å². The SMILES string of the molecule is CC(Cc1ccc(Oc2ccc([N+](=O)[O-])cc2[N+](=O)[O-])cc1)c1ccc(Oc2ccc([N+](=O)[O-])cc2[N+](=O)[O-])cc1. The number of ether oxygens (including phenoxy) is 2. The first-order valence-corrected chi connectivity index (χ1v) is 11.9. The monoisotopic (exact) mass is 560 g/mol. The van der Waals surface area contributed by atoms with Crippen molar-refractivity contribution < 1.29 is 29.2 Å². The highest BCUT2D eigenvalue weighted by atomic mass is 16.6. The van der Waals surface area contributed by atoms with E-state index in [0.717, 1.165) is 35.4 Å². The third kappa shape index (κ3) is 6.75. The zero-order chi connectivity index (χ0) is 29.7. The van der Waals surface area contributed by atoms with Crippen LogP contribution in [-0.2, 0) is 6.42 Å². The molecule has 0 aliphatic rings. The van der Waals surface area contributed by atoms with Crippen molar-refractivity contribution in [2.24, 2.45) is 0 Å². The van der Waals surface area contributed by atoms with Gasteiger partial charge in [0.2, 0.25) is 11.5 Å². The highest BCUT2D eigenvalue weighted by Gasteiger charge is 2.22. The highest BCUT2D eigenvalue weighted by molar-refractivity contribution is 5.56. The number of benzene rings is 4. The van der Waals surface area contributed by atoms with Gasteiger partial charge in [-0.1, -0.05) is 31.2 Å². The van der Waals surface area contributed by atoms with E-state index in [-0.39, 0.29) is 17.4 Å². The van der Waals surface area contributed by atoms with Gasteiger partial charge in [-0.3, -0.25) is 40.5 Å². The summed E-state index contributed by atoms with van der Waals surface area (Å²) < 4.78 is 11.2. The minimum Gasteiger partial charge on any atom is -0.450 e. The molecule has 0 radical (unpaired) electrons. The third-order valence-electron chi connectivity index (χ3n) is 6.07. The molecule has 0 aromatic heterocycles. The van der Waals surface area contributed by atoms with Crippen molar-refractivity contribution in [2.75, 3.05) is 0 Å². The molecule has 0 aliphatic heterocycles. The zero-order valence-corrected chi connectivity index (χ0v) is 21.2. The van der Waals surface area contributed by atoms with E-state index >= 15 is 0 Å². The Kier molecular flexibility index (Phi) is 8.13. The fourth-order valence-electron chi connectivity index (χ4n) is 3.98. The average molecular weight is 560 g/mol. The summed E-state index contributed by atoms with van der Waals surface area (Å²) in [5.41, 5.74) is 0.0307. The van der Waals surface area contributed by atoms with E-state index in [1.807, 2.05) is 19.1 Å². The average Bonchev–Trinajstić information content (AvgIpc) is 2.94. The topological polar surface area (TPSA) is 191 Å². The molecule has 14 nitrogen and oxygen atoms in total. The van der Waals surface area contributed by atoms with Crippen LogP contribution in [0.5, 0.6) is 23.0 Å². The molecule has 0 heterocycles. The summed E-state index contributed by atoms with van der Waals surface area (Å²) in [6.07, 6.45) is 0.631. The predicted molar refractivity (Wildman–Crippen MR) is 145 cm³/mol. The molecule has 0 saturated heterocycles. The number of non-ortho nitro benzene ring substituents is 2. The maximum atomic E-state index is 11.3. The molecule has 1 atom stereocenters. The van der Waals surface area contributed by atoms with Crippen molar-refractivity contribution in [3.05, 3.63) is 137 Å². The quantitative estimate of drug-likeness (QED) is 0.133. The molecular formula is C27H20N4O10. The molecule has 0 fully saturated rings. The van der Waals surface area contributed by atoms with Crippen LogP contribution in [0.25, 0.3) is 0 Å². The van der Waals surface area contributed by atoms with Crippen molar-refractivity contribution in [3.8, 4) is 23.0 Å². The van der Waals surface area contributed by atoms with Gasteiger partial charge in [0.15, 0.2) is 0 Å². The second kappa shape index (κ2) is 11.9. The number of hydrogen-bond donors (Lipinski definition) is 0. The number of nitro groups is 4. The second-order valence-electron chi connectivity index (χ2n) is 8.85. The Labute approximate surface area is 231 Å². The minimum absolute atomic E-state index is 0.0558. The minimum atomic E-state index is -0.748. The molecule has 0 aliphatic carbocycles. The first-order valence-electron chi connectivity index (χ1n) is 11.9. The van der Waals surface area contributed by atoms with Gasteiger partial charge in [0, 0.05) is 12.1 Å². The first-order chi connectivity index (χ1) is 19.5. The van der Waals surface area contributed by atoms with Crippen molar-refractivity contribution >= 4 is 22.7 Å². The summed E-state index contributed by atoms with van der Waals surface area (Å²) in [5.74, 6) is 0.450. The van der Waals surface area contributed by atoms with Gasteiger partial charge < -0.3 is 9.47 Å². The van der Waals surface area contributed by atoms with Gasteiger partial charge in [-0.2, -0.15) is 0 Å².